The Morgan fingerprint density at radius 2 is 1.80 bits per heavy atom. The van der Waals surface area contributed by atoms with Crippen molar-refractivity contribution in [2.45, 2.75) is 23.8 Å². The number of rotatable bonds is 5. The van der Waals surface area contributed by atoms with Gasteiger partial charge in [-0.05, 0) is 25.0 Å². The summed E-state index contributed by atoms with van der Waals surface area (Å²) in [5.74, 6) is -1.82. The van der Waals surface area contributed by atoms with Crippen molar-refractivity contribution < 1.29 is 27.9 Å². The van der Waals surface area contributed by atoms with Crippen LogP contribution in [0, 0.1) is 5.92 Å². The molecule has 0 aromatic heterocycles. The second-order valence-electron chi connectivity index (χ2n) is 6.19. The molecule has 0 bridgehead atoms. The lowest BCUT2D eigenvalue weighted by Gasteiger charge is -2.33. The van der Waals surface area contributed by atoms with Gasteiger partial charge < -0.3 is 15.2 Å². The molecule has 1 aliphatic carbocycles. The van der Waals surface area contributed by atoms with Gasteiger partial charge in [0.15, 0.2) is 0 Å². The average Bonchev–Trinajstić information content (AvgIpc) is 2.58. The number of morpholine rings is 1. The maximum absolute atomic E-state index is 12.8. The highest BCUT2D eigenvalue weighted by atomic mass is 32.2. The van der Waals surface area contributed by atoms with Crippen molar-refractivity contribution in [2.75, 3.05) is 26.3 Å². The van der Waals surface area contributed by atoms with Crippen LogP contribution in [0.2, 0.25) is 0 Å². The Balaban J connectivity index is 1.76. The maximum atomic E-state index is 12.8. The van der Waals surface area contributed by atoms with E-state index < -0.39 is 27.8 Å². The first kappa shape index (κ1) is 17.8. The van der Waals surface area contributed by atoms with Crippen LogP contribution in [0.3, 0.4) is 0 Å². The normalized spacial score (nSPS) is 24.3. The first-order valence-corrected chi connectivity index (χ1v) is 9.54. The van der Waals surface area contributed by atoms with Crippen molar-refractivity contribution in [3.05, 3.63) is 29.8 Å². The van der Waals surface area contributed by atoms with Crippen molar-refractivity contribution in [3.8, 4) is 0 Å². The van der Waals surface area contributed by atoms with Gasteiger partial charge in [-0.25, -0.2) is 8.42 Å². The summed E-state index contributed by atoms with van der Waals surface area (Å²) < 4.78 is 32.2. The SMILES string of the molecule is O=C(NC1CC(C(=O)O)C1)c1ccccc1S(=O)(=O)N1CCOCC1. The predicted octanol–water partition coefficient (Wildman–Crippen LogP) is 0.301. The van der Waals surface area contributed by atoms with Crippen LogP contribution < -0.4 is 5.32 Å². The molecule has 0 radical (unpaired) electrons. The number of nitrogens with zero attached hydrogens (tertiary/aromatic N) is 1. The molecule has 2 N–H and O–H groups in total. The molecule has 9 heteroatoms. The highest BCUT2D eigenvalue weighted by Gasteiger charge is 2.36. The molecule has 1 saturated carbocycles. The van der Waals surface area contributed by atoms with E-state index >= 15 is 0 Å². The average molecular weight is 368 g/mol. The fourth-order valence-corrected chi connectivity index (χ4v) is 4.60. The minimum absolute atomic E-state index is 0.0384. The molecule has 2 fully saturated rings. The number of ether oxygens (including phenoxy) is 1. The highest BCUT2D eigenvalue weighted by Crippen LogP contribution is 2.28. The predicted molar refractivity (Wildman–Crippen MR) is 87.6 cm³/mol. The van der Waals surface area contributed by atoms with E-state index in [1.807, 2.05) is 0 Å². The van der Waals surface area contributed by atoms with Gasteiger partial charge in [0.2, 0.25) is 10.0 Å². The number of carboxylic acids is 1. The van der Waals surface area contributed by atoms with Crippen LogP contribution in [0.1, 0.15) is 23.2 Å². The summed E-state index contributed by atoms with van der Waals surface area (Å²) in [6, 6.07) is 5.83. The van der Waals surface area contributed by atoms with Gasteiger partial charge in [0.1, 0.15) is 0 Å². The van der Waals surface area contributed by atoms with Gasteiger partial charge >= 0.3 is 5.97 Å². The summed E-state index contributed by atoms with van der Waals surface area (Å²) in [4.78, 5) is 23.3. The summed E-state index contributed by atoms with van der Waals surface area (Å²) in [7, 11) is -3.79. The van der Waals surface area contributed by atoms with Crippen molar-refractivity contribution in [1.29, 1.82) is 0 Å². The van der Waals surface area contributed by atoms with E-state index in [9.17, 15) is 18.0 Å². The summed E-state index contributed by atoms with van der Waals surface area (Å²) in [6.07, 6.45) is 0.721. The summed E-state index contributed by atoms with van der Waals surface area (Å²) in [5, 5.41) is 11.6. The summed E-state index contributed by atoms with van der Waals surface area (Å²) in [5.41, 5.74) is 0.0766. The van der Waals surface area contributed by atoms with E-state index in [4.69, 9.17) is 9.84 Å². The second-order valence-corrected chi connectivity index (χ2v) is 8.10. The molecule has 25 heavy (non-hydrogen) atoms. The largest absolute Gasteiger partial charge is 0.481 e. The van der Waals surface area contributed by atoms with Gasteiger partial charge in [0.05, 0.1) is 29.6 Å². The van der Waals surface area contributed by atoms with Gasteiger partial charge in [-0.15, -0.1) is 0 Å². The van der Waals surface area contributed by atoms with Crippen molar-refractivity contribution in [2.24, 2.45) is 5.92 Å². The van der Waals surface area contributed by atoms with Crippen LogP contribution >= 0.6 is 0 Å². The van der Waals surface area contributed by atoms with Crippen molar-refractivity contribution >= 4 is 21.9 Å². The zero-order valence-electron chi connectivity index (χ0n) is 13.6. The van der Waals surface area contributed by atoms with E-state index in [1.54, 1.807) is 12.1 Å². The fourth-order valence-electron chi connectivity index (χ4n) is 3.01. The van der Waals surface area contributed by atoms with Gasteiger partial charge in [-0.3, -0.25) is 9.59 Å². The minimum atomic E-state index is -3.79. The molecule has 0 spiro atoms. The first-order chi connectivity index (χ1) is 11.9. The van der Waals surface area contributed by atoms with E-state index in [2.05, 4.69) is 5.32 Å². The number of carbonyl (C=O) groups is 2. The molecule has 2 aliphatic rings. The molecule has 1 aromatic rings. The molecular weight excluding hydrogens is 348 g/mol. The highest BCUT2D eigenvalue weighted by molar-refractivity contribution is 7.89. The van der Waals surface area contributed by atoms with Gasteiger partial charge in [-0.1, -0.05) is 12.1 Å². The molecule has 1 aliphatic heterocycles. The number of sulfonamides is 1. The number of carboxylic acid groups (broad SMARTS) is 1. The quantitative estimate of drug-likeness (QED) is 0.773. The number of nitrogens with one attached hydrogen (secondary N) is 1. The number of hydrogen-bond acceptors (Lipinski definition) is 5. The molecule has 136 valence electrons. The monoisotopic (exact) mass is 368 g/mol. The standard InChI is InChI=1S/C16H20N2O6S/c19-15(17-12-9-11(10-12)16(20)21)13-3-1-2-4-14(13)25(22,23)18-5-7-24-8-6-18/h1-4,11-12H,5-10H2,(H,17,19)(H,20,21). The van der Waals surface area contributed by atoms with Gasteiger partial charge in [0.25, 0.3) is 5.91 Å². The molecule has 1 saturated heterocycles. The van der Waals surface area contributed by atoms with Crippen LogP contribution in [0.15, 0.2) is 29.2 Å². The van der Waals surface area contributed by atoms with Crippen LogP contribution in [0.5, 0.6) is 0 Å². The Hall–Kier alpha value is -1.97. The molecule has 3 rings (SSSR count). The van der Waals surface area contributed by atoms with E-state index in [0.717, 1.165) is 0 Å². The maximum Gasteiger partial charge on any atom is 0.306 e. The molecule has 1 heterocycles. The fraction of sp³-hybridized carbons (Fsp3) is 0.500. The molecular formula is C16H20N2O6S. The third-order valence-corrected chi connectivity index (χ3v) is 6.50. The van der Waals surface area contributed by atoms with Crippen molar-refractivity contribution in [1.82, 2.24) is 9.62 Å². The number of amides is 1. The third-order valence-electron chi connectivity index (χ3n) is 4.54. The van der Waals surface area contributed by atoms with Crippen LogP contribution in [0.4, 0.5) is 0 Å². The second kappa shape index (κ2) is 7.11. The third kappa shape index (κ3) is 3.68. The smallest absolute Gasteiger partial charge is 0.306 e. The molecule has 0 atom stereocenters. The zero-order chi connectivity index (χ0) is 18.0. The Morgan fingerprint density at radius 1 is 1.16 bits per heavy atom. The topological polar surface area (TPSA) is 113 Å². The van der Waals surface area contributed by atoms with E-state index in [0.29, 0.717) is 26.1 Å². The lowest BCUT2D eigenvalue weighted by atomic mass is 9.80. The zero-order valence-corrected chi connectivity index (χ0v) is 14.4. The number of carbonyl (C=O) groups excluding carboxylic acids is 1. The number of benzene rings is 1. The Kier molecular flexibility index (Phi) is 5.07. The number of hydrogen-bond donors (Lipinski definition) is 2. The molecule has 1 aromatic carbocycles. The van der Waals surface area contributed by atoms with E-state index in [1.165, 1.54) is 16.4 Å². The summed E-state index contributed by atoms with van der Waals surface area (Å²) in [6.45, 7) is 1.15. The van der Waals surface area contributed by atoms with Crippen LogP contribution in [-0.2, 0) is 19.6 Å². The van der Waals surface area contributed by atoms with Gasteiger partial charge in [0, 0.05) is 19.1 Å². The van der Waals surface area contributed by atoms with E-state index in [-0.39, 0.29) is 29.6 Å². The molecule has 1 amide bonds. The Labute approximate surface area is 145 Å². The van der Waals surface area contributed by atoms with Crippen molar-refractivity contribution in [3.63, 3.8) is 0 Å². The minimum Gasteiger partial charge on any atom is -0.481 e. The molecule has 0 unspecified atom stereocenters. The lowest BCUT2D eigenvalue weighted by Crippen LogP contribution is -2.47. The summed E-state index contributed by atoms with van der Waals surface area (Å²) >= 11 is 0. The van der Waals surface area contributed by atoms with Crippen LogP contribution in [-0.4, -0.2) is 62.1 Å². The Bertz CT molecular complexity index is 767. The van der Waals surface area contributed by atoms with Crippen LogP contribution in [0.25, 0.3) is 0 Å². The first-order valence-electron chi connectivity index (χ1n) is 8.10. The molecule has 8 nitrogen and oxygen atoms in total. The van der Waals surface area contributed by atoms with Gasteiger partial charge in [-0.2, -0.15) is 4.31 Å². The Morgan fingerprint density at radius 3 is 2.44 bits per heavy atom. The number of aliphatic carboxylic acids is 1. The lowest BCUT2D eigenvalue weighted by molar-refractivity contribution is -0.145.